The van der Waals surface area contributed by atoms with Crippen LogP contribution in [0.5, 0.6) is 0 Å². The monoisotopic (exact) mass is 159 g/mol. The van der Waals surface area contributed by atoms with Crippen molar-refractivity contribution < 1.29 is 4.79 Å². The molecule has 0 radical (unpaired) electrons. The van der Waals surface area contributed by atoms with E-state index in [0.29, 0.717) is 11.3 Å². The minimum atomic E-state index is 0.593. The zero-order valence-electron chi connectivity index (χ0n) is 6.66. The van der Waals surface area contributed by atoms with Crippen LogP contribution < -0.4 is 0 Å². The Morgan fingerprint density at radius 3 is 2.58 bits per heavy atom. The number of carbonyl (C=O) groups is 1. The number of hydrogen-bond donors (Lipinski definition) is 0. The summed E-state index contributed by atoms with van der Waals surface area (Å²) in [6, 6.07) is 1.65. The SMILES string of the molecule is C=Cc1nccc(C=O)c1C=C. The fourth-order valence-electron chi connectivity index (χ4n) is 0.993. The van der Waals surface area contributed by atoms with Crippen molar-refractivity contribution in [2.45, 2.75) is 0 Å². The van der Waals surface area contributed by atoms with Gasteiger partial charge in [-0.3, -0.25) is 9.78 Å². The van der Waals surface area contributed by atoms with Crippen molar-refractivity contribution in [2.75, 3.05) is 0 Å². The summed E-state index contributed by atoms with van der Waals surface area (Å²) in [4.78, 5) is 14.6. The van der Waals surface area contributed by atoms with E-state index in [1.807, 2.05) is 0 Å². The molecule has 0 spiro atoms. The van der Waals surface area contributed by atoms with Crippen LogP contribution in [0, 0.1) is 0 Å². The van der Waals surface area contributed by atoms with Gasteiger partial charge in [-0.05, 0) is 12.1 Å². The van der Waals surface area contributed by atoms with E-state index >= 15 is 0 Å². The van der Waals surface area contributed by atoms with Crippen molar-refractivity contribution in [2.24, 2.45) is 0 Å². The summed E-state index contributed by atoms with van der Waals surface area (Å²) >= 11 is 0. The average molecular weight is 159 g/mol. The average Bonchev–Trinajstić information content (AvgIpc) is 2.16. The van der Waals surface area contributed by atoms with Gasteiger partial charge < -0.3 is 0 Å². The van der Waals surface area contributed by atoms with Gasteiger partial charge in [-0.2, -0.15) is 0 Å². The number of carbonyl (C=O) groups excluding carboxylic acids is 1. The Hall–Kier alpha value is -1.70. The van der Waals surface area contributed by atoms with Gasteiger partial charge in [0.05, 0.1) is 5.69 Å². The Kier molecular flexibility index (Phi) is 2.53. The first-order chi connectivity index (χ1) is 5.83. The number of pyridine rings is 1. The lowest BCUT2D eigenvalue weighted by molar-refractivity contribution is 0.112. The van der Waals surface area contributed by atoms with E-state index < -0.39 is 0 Å². The second kappa shape index (κ2) is 3.62. The quantitative estimate of drug-likeness (QED) is 0.633. The van der Waals surface area contributed by atoms with E-state index in [4.69, 9.17) is 0 Å². The lowest BCUT2D eigenvalue weighted by atomic mass is 10.1. The third-order valence-corrected chi connectivity index (χ3v) is 1.58. The maximum Gasteiger partial charge on any atom is 0.150 e. The van der Waals surface area contributed by atoms with E-state index in [9.17, 15) is 4.79 Å². The van der Waals surface area contributed by atoms with Crippen LogP contribution in [0.25, 0.3) is 12.2 Å². The molecule has 2 heteroatoms. The molecule has 60 valence electrons. The van der Waals surface area contributed by atoms with E-state index in [1.54, 1.807) is 24.4 Å². The molecular formula is C10H9NO. The highest BCUT2D eigenvalue weighted by molar-refractivity contribution is 5.83. The van der Waals surface area contributed by atoms with Gasteiger partial charge in [-0.15, -0.1) is 0 Å². The standard InChI is InChI=1S/C10H9NO/c1-3-9-8(7-12)5-6-11-10(9)4-2/h3-7H,1-2H2. The fraction of sp³-hybridized carbons (Fsp3) is 0. The first-order valence-electron chi connectivity index (χ1n) is 3.52. The maximum atomic E-state index is 10.5. The van der Waals surface area contributed by atoms with Gasteiger partial charge in [0.15, 0.2) is 6.29 Å². The summed E-state index contributed by atoms with van der Waals surface area (Å²) in [5.41, 5.74) is 2.02. The number of nitrogens with zero attached hydrogens (tertiary/aromatic N) is 1. The van der Waals surface area contributed by atoms with Gasteiger partial charge in [0.25, 0.3) is 0 Å². The van der Waals surface area contributed by atoms with Crippen molar-refractivity contribution in [1.29, 1.82) is 0 Å². The van der Waals surface area contributed by atoms with E-state index in [-0.39, 0.29) is 0 Å². The maximum absolute atomic E-state index is 10.5. The Morgan fingerprint density at radius 2 is 2.08 bits per heavy atom. The molecule has 1 aromatic rings. The van der Waals surface area contributed by atoms with Gasteiger partial charge in [-0.25, -0.2) is 0 Å². The van der Waals surface area contributed by atoms with Crippen LogP contribution in [-0.2, 0) is 0 Å². The van der Waals surface area contributed by atoms with E-state index in [1.165, 1.54) is 0 Å². The van der Waals surface area contributed by atoms with Crippen LogP contribution in [0.1, 0.15) is 21.6 Å². The molecule has 0 fully saturated rings. The summed E-state index contributed by atoms with van der Waals surface area (Å²) in [7, 11) is 0. The molecule has 0 aliphatic heterocycles. The van der Waals surface area contributed by atoms with Crippen molar-refractivity contribution in [3.05, 3.63) is 42.2 Å². The smallest absolute Gasteiger partial charge is 0.150 e. The molecule has 1 heterocycles. The highest BCUT2D eigenvalue weighted by Gasteiger charge is 2.01. The molecular weight excluding hydrogens is 150 g/mol. The lowest BCUT2D eigenvalue weighted by Crippen LogP contribution is -1.92. The second-order valence-corrected chi connectivity index (χ2v) is 2.23. The van der Waals surface area contributed by atoms with Crippen molar-refractivity contribution in [3.8, 4) is 0 Å². The largest absolute Gasteiger partial charge is 0.298 e. The fourth-order valence-corrected chi connectivity index (χ4v) is 0.993. The third-order valence-electron chi connectivity index (χ3n) is 1.58. The highest BCUT2D eigenvalue weighted by Crippen LogP contribution is 2.12. The molecule has 2 nitrogen and oxygen atoms in total. The molecule has 0 aromatic carbocycles. The molecule has 0 saturated carbocycles. The Morgan fingerprint density at radius 1 is 1.33 bits per heavy atom. The minimum Gasteiger partial charge on any atom is -0.298 e. The Bertz CT molecular complexity index is 302. The molecule has 1 aromatic heterocycles. The van der Waals surface area contributed by atoms with Crippen LogP contribution in [0.15, 0.2) is 25.4 Å². The molecule has 0 amide bonds. The highest BCUT2D eigenvalue weighted by atomic mass is 16.1. The Labute approximate surface area is 71.3 Å². The summed E-state index contributed by atoms with van der Waals surface area (Å²) < 4.78 is 0. The van der Waals surface area contributed by atoms with Crippen LogP contribution in [0.3, 0.4) is 0 Å². The molecule has 0 saturated heterocycles. The van der Waals surface area contributed by atoms with Gasteiger partial charge >= 0.3 is 0 Å². The molecule has 12 heavy (non-hydrogen) atoms. The molecule has 0 N–H and O–H groups in total. The predicted octanol–water partition coefficient (Wildman–Crippen LogP) is 2.18. The van der Waals surface area contributed by atoms with Crippen molar-refractivity contribution in [1.82, 2.24) is 4.98 Å². The van der Waals surface area contributed by atoms with Crippen LogP contribution in [0.4, 0.5) is 0 Å². The summed E-state index contributed by atoms with van der Waals surface area (Å²) in [5.74, 6) is 0. The molecule has 0 atom stereocenters. The summed E-state index contributed by atoms with van der Waals surface area (Å²) in [5, 5.41) is 0. The number of rotatable bonds is 3. The van der Waals surface area contributed by atoms with Gasteiger partial charge in [0.1, 0.15) is 0 Å². The third kappa shape index (κ3) is 1.32. The zero-order chi connectivity index (χ0) is 8.97. The van der Waals surface area contributed by atoms with E-state index in [0.717, 1.165) is 11.8 Å². The minimum absolute atomic E-state index is 0.593. The first-order valence-corrected chi connectivity index (χ1v) is 3.52. The number of aldehydes is 1. The molecule has 0 unspecified atom stereocenters. The normalized spacial score (nSPS) is 9.00. The topological polar surface area (TPSA) is 30.0 Å². The number of hydrogen-bond acceptors (Lipinski definition) is 2. The molecule has 1 rings (SSSR count). The van der Waals surface area contributed by atoms with Crippen LogP contribution in [-0.4, -0.2) is 11.3 Å². The zero-order valence-corrected chi connectivity index (χ0v) is 6.66. The van der Waals surface area contributed by atoms with Crippen LogP contribution >= 0.6 is 0 Å². The predicted molar refractivity (Wildman–Crippen MR) is 49.8 cm³/mol. The van der Waals surface area contributed by atoms with Crippen molar-refractivity contribution in [3.63, 3.8) is 0 Å². The van der Waals surface area contributed by atoms with Gasteiger partial charge in [0.2, 0.25) is 0 Å². The summed E-state index contributed by atoms with van der Waals surface area (Å²) in [6.07, 6.45) is 5.57. The first kappa shape index (κ1) is 8.40. The van der Waals surface area contributed by atoms with Gasteiger partial charge in [0, 0.05) is 17.3 Å². The number of aromatic nitrogens is 1. The van der Waals surface area contributed by atoms with Crippen LogP contribution in [0.2, 0.25) is 0 Å². The lowest BCUT2D eigenvalue weighted by Gasteiger charge is -2.01. The second-order valence-electron chi connectivity index (χ2n) is 2.23. The van der Waals surface area contributed by atoms with E-state index in [2.05, 4.69) is 18.1 Å². The summed E-state index contributed by atoms with van der Waals surface area (Å²) in [6.45, 7) is 7.19. The van der Waals surface area contributed by atoms with Gasteiger partial charge in [-0.1, -0.05) is 19.2 Å². The molecule has 0 aliphatic rings. The van der Waals surface area contributed by atoms with Crippen molar-refractivity contribution >= 4 is 18.4 Å². The molecule has 0 aliphatic carbocycles. The Balaban J connectivity index is 3.40. The molecule has 0 bridgehead atoms.